The second-order valence-electron chi connectivity index (χ2n) is 7.01. The third-order valence-electron chi connectivity index (χ3n) is 5.25. The van der Waals surface area contributed by atoms with E-state index in [1.165, 1.54) is 4.90 Å². The van der Waals surface area contributed by atoms with E-state index in [0.717, 1.165) is 27.5 Å². The zero-order valence-electron chi connectivity index (χ0n) is 15.5. The van der Waals surface area contributed by atoms with E-state index in [4.69, 9.17) is 8.83 Å². The third-order valence-corrected chi connectivity index (χ3v) is 5.25. The molecule has 1 fully saturated rings. The van der Waals surface area contributed by atoms with E-state index < -0.39 is 5.63 Å². The van der Waals surface area contributed by atoms with Crippen molar-refractivity contribution in [2.24, 2.45) is 0 Å². The molecule has 0 spiro atoms. The van der Waals surface area contributed by atoms with Gasteiger partial charge in [-0.25, -0.2) is 4.79 Å². The smallest absolute Gasteiger partial charge is 0.340 e. The largest absolute Gasteiger partial charge is 0.464 e. The minimum Gasteiger partial charge on any atom is -0.464 e. The first-order valence-corrected chi connectivity index (χ1v) is 8.85. The maximum atomic E-state index is 12.6. The molecule has 140 valence electrons. The van der Waals surface area contributed by atoms with Gasteiger partial charge < -0.3 is 19.1 Å². The van der Waals surface area contributed by atoms with Crippen LogP contribution in [0.3, 0.4) is 0 Å². The maximum absolute atomic E-state index is 12.6. The summed E-state index contributed by atoms with van der Waals surface area (Å²) in [4.78, 5) is 38.2. The molecule has 1 aromatic carbocycles. The topological polar surface area (TPSA) is 92.8 Å². The van der Waals surface area contributed by atoms with Crippen molar-refractivity contribution in [3.63, 3.8) is 0 Å². The Labute approximate surface area is 154 Å². The molecule has 1 N–H and O–H groups in total. The quantitative estimate of drug-likeness (QED) is 0.698. The zero-order chi connectivity index (χ0) is 19.3. The molecule has 3 aromatic rings. The van der Waals surface area contributed by atoms with Gasteiger partial charge in [0.05, 0.1) is 24.8 Å². The summed E-state index contributed by atoms with van der Waals surface area (Å²) in [6.07, 6.45) is 1.59. The normalized spacial score (nSPS) is 14.8. The van der Waals surface area contributed by atoms with E-state index in [1.54, 1.807) is 6.26 Å². The van der Waals surface area contributed by atoms with Crippen LogP contribution < -0.4 is 10.9 Å². The zero-order valence-corrected chi connectivity index (χ0v) is 15.5. The lowest BCUT2D eigenvalue weighted by atomic mass is 9.99. The van der Waals surface area contributed by atoms with E-state index in [1.807, 2.05) is 26.8 Å². The molecule has 0 saturated carbocycles. The van der Waals surface area contributed by atoms with E-state index in [0.29, 0.717) is 29.8 Å². The van der Waals surface area contributed by atoms with Crippen molar-refractivity contribution in [1.82, 2.24) is 10.2 Å². The van der Waals surface area contributed by atoms with Gasteiger partial charge in [0.15, 0.2) is 0 Å². The molecule has 1 aliphatic heterocycles. The molecule has 0 bridgehead atoms. The predicted octanol–water partition coefficient (Wildman–Crippen LogP) is 1.97. The van der Waals surface area contributed by atoms with Gasteiger partial charge in [0.2, 0.25) is 11.8 Å². The Morgan fingerprint density at radius 3 is 2.67 bits per heavy atom. The highest BCUT2D eigenvalue weighted by Crippen LogP contribution is 2.32. The van der Waals surface area contributed by atoms with Crippen molar-refractivity contribution in [3.8, 4) is 0 Å². The molecular formula is C20H20N2O5. The van der Waals surface area contributed by atoms with E-state index in [9.17, 15) is 14.4 Å². The Bertz CT molecular complexity index is 1150. The highest BCUT2D eigenvalue weighted by Gasteiger charge is 2.24. The fraction of sp³-hybridized carbons (Fsp3) is 0.350. The standard InChI is InChI=1S/C20H20N2O5/c1-10-9-26-18-12(3)19-14(6-13(10)18)11(2)15(20(25)27-19)7-17(24)22-5-4-21-16(23)8-22/h6,9H,4-5,7-8H2,1-3H3,(H,21,23). The molecule has 0 unspecified atom stereocenters. The van der Waals surface area contributed by atoms with Crippen LogP contribution in [0.2, 0.25) is 0 Å². The summed E-state index contributed by atoms with van der Waals surface area (Å²) >= 11 is 0. The maximum Gasteiger partial charge on any atom is 0.340 e. The molecule has 4 rings (SSSR count). The van der Waals surface area contributed by atoms with Crippen LogP contribution in [0, 0.1) is 20.8 Å². The second kappa shape index (κ2) is 6.26. The SMILES string of the molecule is Cc1coc2c(C)c3oc(=O)c(CC(=O)N4CCNC(=O)C4)c(C)c3cc12. The number of fused-ring (bicyclic) bond motifs is 2. The monoisotopic (exact) mass is 368 g/mol. The number of aryl methyl sites for hydroxylation is 3. The summed E-state index contributed by atoms with van der Waals surface area (Å²) < 4.78 is 11.2. The second-order valence-corrected chi connectivity index (χ2v) is 7.01. The lowest BCUT2D eigenvalue weighted by Crippen LogP contribution is -2.50. The average Bonchev–Trinajstić information content (AvgIpc) is 3.01. The Balaban J connectivity index is 1.80. The van der Waals surface area contributed by atoms with Gasteiger partial charge in [0.25, 0.3) is 0 Å². The van der Waals surface area contributed by atoms with Gasteiger partial charge in [0, 0.05) is 29.4 Å². The average molecular weight is 368 g/mol. The first-order chi connectivity index (χ1) is 12.9. The number of nitrogens with zero attached hydrogens (tertiary/aromatic N) is 1. The highest BCUT2D eigenvalue weighted by atomic mass is 16.4. The van der Waals surface area contributed by atoms with Crippen molar-refractivity contribution < 1.29 is 18.4 Å². The Morgan fingerprint density at radius 2 is 1.93 bits per heavy atom. The van der Waals surface area contributed by atoms with Crippen LogP contribution in [-0.4, -0.2) is 36.3 Å². The first-order valence-electron chi connectivity index (χ1n) is 8.85. The summed E-state index contributed by atoms with van der Waals surface area (Å²) in [5.41, 5.74) is 3.47. The van der Waals surface area contributed by atoms with Crippen LogP contribution in [0.15, 0.2) is 26.0 Å². The molecule has 3 heterocycles. The summed E-state index contributed by atoms with van der Waals surface area (Å²) in [7, 11) is 0. The lowest BCUT2D eigenvalue weighted by molar-refractivity contribution is -0.137. The Hall–Kier alpha value is -3.09. The minimum absolute atomic E-state index is 0.0186. The molecule has 1 saturated heterocycles. The van der Waals surface area contributed by atoms with Crippen molar-refractivity contribution >= 4 is 33.8 Å². The van der Waals surface area contributed by atoms with Crippen molar-refractivity contribution in [3.05, 3.63) is 45.0 Å². The molecule has 27 heavy (non-hydrogen) atoms. The molecule has 0 atom stereocenters. The van der Waals surface area contributed by atoms with Gasteiger partial charge in [-0.3, -0.25) is 9.59 Å². The van der Waals surface area contributed by atoms with Crippen LogP contribution in [0.25, 0.3) is 21.9 Å². The number of carbonyl (C=O) groups is 2. The number of piperazine rings is 1. The molecule has 7 nitrogen and oxygen atoms in total. The summed E-state index contributed by atoms with van der Waals surface area (Å²) in [5, 5.41) is 4.44. The van der Waals surface area contributed by atoms with Crippen LogP contribution in [0.5, 0.6) is 0 Å². The number of hydrogen-bond donors (Lipinski definition) is 1. The minimum atomic E-state index is -0.527. The molecule has 2 amide bonds. The van der Waals surface area contributed by atoms with Gasteiger partial charge in [-0.1, -0.05) is 0 Å². The summed E-state index contributed by atoms with van der Waals surface area (Å²) in [6, 6.07) is 1.94. The van der Waals surface area contributed by atoms with Crippen LogP contribution in [-0.2, 0) is 16.0 Å². The predicted molar refractivity (Wildman–Crippen MR) is 99.8 cm³/mol. The van der Waals surface area contributed by atoms with Gasteiger partial charge in [-0.15, -0.1) is 0 Å². The van der Waals surface area contributed by atoms with Crippen molar-refractivity contribution in [2.75, 3.05) is 19.6 Å². The van der Waals surface area contributed by atoms with Crippen molar-refractivity contribution in [2.45, 2.75) is 27.2 Å². The molecule has 7 heteroatoms. The first kappa shape index (κ1) is 17.3. The molecular weight excluding hydrogens is 348 g/mol. The number of rotatable bonds is 2. The number of carbonyl (C=O) groups excluding carboxylic acids is 2. The van der Waals surface area contributed by atoms with Crippen LogP contribution >= 0.6 is 0 Å². The lowest BCUT2D eigenvalue weighted by Gasteiger charge is -2.26. The van der Waals surface area contributed by atoms with Crippen LogP contribution in [0.1, 0.15) is 22.3 Å². The van der Waals surface area contributed by atoms with Gasteiger partial charge in [-0.2, -0.15) is 0 Å². The van der Waals surface area contributed by atoms with Gasteiger partial charge >= 0.3 is 5.63 Å². The van der Waals surface area contributed by atoms with E-state index in [2.05, 4.69) is 5.32 Å². The Kier molecular flexibility index (Phi) is 4.02. The third kappa shape index (κ3) is 2.79. The number of furan rings is 1. The van der Waals surface area contributed by atoms with E-state index in [-0.39, 0.29) is 24.8 Å². The molecule has 2 aromatic heterocycles. The van der Waals surface area contributed by atoms with E-state index >= 15 is 0 Å². The number of benzene rings is 1. The van der Waals surface area contributed by atoms with Gasteiger partial charge in [-0.05, 0) is 38.0 Å². The Morgan fingerprint density at radius 1 is 1.15 bits per heavy atom. The number of nitrogens with one attached hydrogen (secondary N) is 1. The number of amides is 2. The highest BCUT2D eigenvalue weighted by molar-refractivity contribution is 6.00. The van der Waals surface area contributed by atoms with Crippen molar-refractivity contribution in [1.29, 1.82) is 0 Å². The summed E-state index contributed by atoms with van der Waals surface area (Å²) in [6.45, 7) is 6.52. The number of hydrogen-bond acceptors (Lipinski definition) is 5. The fourth-order valence-corrected chi connectivity index (χ4v) is 3.64. The molecule has 1 aliphatic rings. The summed E-state index contributed by atoms with van der Waals surface area (Å²) in [5.74, 6) is -0.442. The molecule has 0 radical (unpaired) electrons. The van der Waals surface area contributed by atoms with Crippen LogP contribution in [0.4, 0.5) is 0 Å². The fourth-order valence-electron chi connectivity index (χ4n) is 3.64. The molecule has 0 aliphatic carbocycles. The van der Waals surface area contributed by atoms with Gasteiger partial charge in [0.1, 0.15) is 11.2 Å².